The number of rotatable bonds is 6. The second-order valence-electron chi connectivity index (χ2n) is 8.00. The molecule has 0 N–H and O–H groups in total. The zero-order valence-corrected chi connectivity index (χ0v) is 21.1. The van der Waals surface area contributed by atoms with Crippen LogP contribution in [0, 0.1) is 13.8 Å². The fourth-order valence-electron chi connectivity index (χ4n) is 4.02. The average Bonchev–Trinajstić information content (AvgIpc) is 3.11. The molecule has 2 heterocycles. The highest BCUT2D eigenvalue weighted by Crippen LogP contribution is 2.21. The van der Waals surface area contributed by atoms with Gasteiger partial charge in [-0.1, -0.05) is 28.9 Å². The van der Waals surface area contributed by atoms with Gasteiger partial charge in [0.25, 0.3) is 5.56 Å². The number of fused-ring (bicyclic) bond motifs is 1. The molecule has 0 unspecified atom stereocenters. The number of ether oxygens (including phenoxy) is 1. The lowest BCUT2D eigenvalue weighted by molar-refractivity contribution is 0.0600. The molecule has 7 nitrogen and oxygen atoms in total. The van der Waals surface area contributed by atoms with Crippen LogP contribution in [-0.4, -0.2) is 33.5 Å². The molecule has 174 valence electrons. The van der Waals surface area contributed by atoms with Gasteiger partial charge in [0.2, 0.25) is 0 Å². The highest BCUT2D eigenvalue weighted by molar-refractivity contribution is 9.10. The highest BCUT2D eigenvalue weighted by atomic mass is 79.9. The summed E-state index contributed by atoms with van der Waals surface area (Å²) in [4.78, 5) is 29.9. The van der Waals surface area contributed by atoms with E-state index in [9.17, 15) is 9.59 Å². The van der Waals surface area contributed by atoms with E-state index in [1.54, 1.807) is 24.4 Å². The van der Waals surface area contributed by atoms with Gasteiger partial charge in [-0.15, -0.1) is 0 Å². The van der Waals surface area contributed by atoms with Gasteiger partial charge in [0, 0.05) is 33.5 Å². The molecule has 0 radical (unpaired) electrons. The van der Waals surface area contributed by atoms with E-state index in [1.165, 1.54) is 11.8 Å². The number of benzene rings is 2. The first-order valence-corrected chi connectivity index (χ1v) is 11.8. The van der Waals surface area contributed by atoms with Crippen molar-refractivity contribution >= 4 is 39.0 Å². The van der Waals surface area contributed by atoms with E-state index in [-0.39, 0.29) is 11.5 Å². The topological polar surface area (TPSA) is 78.5 Å². The summed E-state index contributed by atoms with van der Waals surface area (Å²) in [6.07, 6.45) is 3.17. The van der Waals surface area contributed by atoms with Crippen molar-refractivity contribution in [3.05, 3.63) is 91.7 Å². The number of esters is 1. The number of aryl methyl sites for hydroxylation is 2. The predicted octanol–water partition coefficient (Wildman–Crippen LogP) is 5.19. The molecule has 0 saturated carbocycles. The molecule has 0 fully saturated rings. The first-order valence-electron chi connectivity index (χ1n) is 11.0. The van der Waals surface area contributed by atoms with Crippen molar-refractivity contribution in [3.63, 3.8) is 0 Å². The van der Waals surface area contributed by atoms with Crippen molar-refractivity contribution < 1.29 is 9.53 Å². The standard InChI is InChI=1S/C26H25BrN4O3/c1-5-7-24-29-23-11-10-20(27)14-22(23)25(32)31(24)28-15-19-12-16(2)30(17(19)3)21-9-6-8-18(13-21)26(33)34-4/h6,8-15H,5,7H2,1-4H3. The summed E-state index contributed by atoms with van der Waals surface area (Å²) in [5.74, 6) is 0.238. The fourth-order valence-corrected chi connectivity index (χ4v) is 4.39. The molecule has 0 aliphatic carbocycles. The summed E-state index contributed by atoms with van der Waals surface area (Å²) in [7, 11) is 1.37. The average molecular weight is 521 g/mol. The van der Waals surface area contributed by atoms with E-state index >= 15 is 0 Å². The number of hydrogen-bond acceptors (Lipinski definition) is 5. The second kappa shape index (κ2) is 9.77. The maximum atomic E-state index is 13.2. The van der Waals surface area contributed by atoms with Crippen molar-refractivity contribution in [2.75, 3.05) is 7.11 Å². The SMILES string of the molecule is CCCc1nc2ccc(Br)cc2c(=O)n1N=Cc1cc(C)n(-c2cccc(C(=O)OC)c2)c1C. The van der Waals surface area contributed by atoms with Crippen LogP contribution in [0.25, 0.3) is 16.6 Å². The Kier molecular flexibility index (Phi) is 6.79. The van der Waals surface area contributed by atoms with Gasteiger partial charge in [-0.05, 0) is 62.7 Å². The number of halogens is 1. The zero-order chi connectivity index (χ0) is 24.4. The molecule has 0 aliphatic heterocycles. The normalized spacial score (nSPS) is 11.4. The molecule has 8 heteroatoms. The van der Waals surface area contributed by atoms with Crippen LogP contribution in [-0.2, 0) is 11.2 Å². The third-order valence-electron chi connectivity index (χ3n) is 5.66. The Morgan fingerprint density at radius 1 is 1.18 bits per heavy atom. The summed E-state index contributed by atoms with van der Waals surface area (Å²) in [6.45, 7) is 6.01. The molecule has 4 aromatic rings. The number of nitrogens with zero attached hydrogens (tertiary/aromatic N) is 4. The number of carbonyl (C=O) groups is 1. The Morgan fingerprint density at radius 2 is 1.97 bits per heavy atom. The van der Waals surface area contributed by atoms with Crippen LogP contribution >= 0.6 is 15.9 Å². The lowest BCUT2D eigenvalue weighted by Gasteiger charge is -2.11. The molecular formula is C26H25BrN4O3. The van der Waals surface area contributed by atoms with Gasteiger partial charge in [0.15, 0.2) is 0 Å². The Bertz CT molecular complexity index is 1480. The zero-order valence-electron chi connectivity index (χ0n) is 19.5. The van der Waals surface area contributed by atoms with Gasteiger partial charge in [-0.3, -0.25) is 4.79 Å². The van der Waals surface area contributed by atoms with Gasteiger partial charge >= 0.3 is 5.97 Å². The molecule has 2 aromatic carbocycles. The molecule has 34 heavy (non-hydrogen) atoms. The van der Waals surface area contributed by atoms with Crippen molar-refractivity contribution in [1.82, 2.24) is 14.2 Å². The van der Waals surface area contributed by atoms with Crippen LogP contribution in [0.15, 0.2) is 62.9 Å². The first-order chi connectivity index (χ1) is 16.3. The Morgan fingerprint density at radius 3 is 2.71 bits per heavy atom. The quantitative estimate of drug-likeness (QED) is 0.259. The number of aromatic nitrogens is 3. The molecule has 0 aliphatic rings. The van der Waals surface area contributed by atoms with Crippen molar-refractivity contribution in [3.8, 4) is 5.69 Å². The minimum atomic E-state index is -0.385. The smallest absolute Gasteiger partial charge is 0.337 e. The molecule has 2 aromatic heterocycles. The van der Waals surface area contributed by atoms with Gasteiger partial charge < -0.3 is 9.30 Å². The maximum Gasteiger partial charge on any atom is 0.337 e. The Hall–Kier alpha value is -3.52. The van der Waals surface area contributed by atoms with Gasteiger partial charge in [0.1, 0.15) is 5.82 Å². The van der Waals surface area contributed by atoms with Gasteiger partial charge in [-0.25, -0.2) is 9.78 Å². The maximum absolute atomic E-state index is 13.2. The Labute approximate surface area is 205 Å². The first kappa shape index (κ1) is 23.6. The summed E-state index contributed by atoms with van der Waals surface area (Å²) < 4.78 is 9.10. The number of methoxy groups -OCH3 is 1. The Balaban J connectivity index is 1.79. The molecule has 4 rings (SSSR count). The van der Waals surface area contributed by atoms with Crippen LogP contribution in [0.1, 0.15) is 46.5 Å². The van der Waals surface area contributed by atoms with Crippen LogP contribution in [0.3, 0.4) is 0 Å². The van der Waals surface area contributed by atoms with Gasteiger partial charge in [0.05, 0.1) is 29.8 Å². The van der Waals surface area contributed by atoms with Crippen molar-refractivity contribution in [2.45, 2.75) is 33.6 Å². The minimum absolute atomic E-state index is 0.203. The lowest BCUT2D eigenvalue weighted by Crippen LogP contribution is -2.22. The summed E-state index contributed by atoms with van der Waals surface area (Å²) >= 11 is 3.43. The second-order valence-corrected chi connectivity index (χ2v) is 8.92. The van der Waals surface area contributed by atoms with E-state index in [0.717, 1.165) is 33.5 Å². The highest BCUT2D eigenvalue weighted by Gasteiger charge is 2.14. The molecule has 0 amide bonds. The molecule has 0 atom stereocenters. The van der Waals surface area contributed by atoms with Crippen LogP contribution < -0.4 is 5.56 Å². The molecule has 0 spiro atoms. The monoisotopic (exact) mass is 520 g/mol. The van der Waals surface area contributed by atoms with Crippen LogP contribution in [0.2, 0.25) is 0 Å². The summed E-state index contributed by atoms with van der Waals surface area (Å²) in [6, 6.07) is 14.8. The van der Waals surface area contributed by atoms with E-state index in [4.69, 9.17) is 4.74 Å². The van der Waals surface area contributed by atoms with Crippen molar-refractivity contribution in [2.24, 2.45) is 5.10 Å². The molecular weight excluding hydrogens is 496 g/mol. The van der Waals surface area contributed by atoms with E-state index in [0.29, 0.717) is 28.7 Å². The molecule has 0 saturated heterocycles. The van der Waals surface area contributed by atoms with Crippen LogP contribution in [0.5, 0.6) is 0 Å². The fraction of sp³-hybridized carbons (Fsp3) is 0.231. The number of hydrogen-bond donors (Lipinski definition) is 0. The van der Waals surface area contributed by atoms with Gasteiger partial charge in [-0.2, -0.15) is 9.78 Å². The molecule has 0 bridgehead atoms. The predicted molar refractivity (Wildman–Crippen MR) is 137 cm³/mol. The minimum Gasteiger partial charge on any atom is -0.465 e. The van der Waals surface area contributed by atoms with E-state index < -0.39 is 0 Å². The number of carbonyl (C=O) groups excluding carboxylic acids is 1. The third kappa shape index (κ3) is 4.46. The third-order valence-corrected chi connectivity index (χ3v) is 6.15. The van der Waals surface area contributed by atoms with E-state index in [1.807, 2.05) is 55.7 Å². The van der Waals surface area contributed by atoms with Crippen molar-refractivity contribution in [1.29, 1.82) is 0 Å². The lowest BCUT2D eigenvalue weighted by atomic mass is 10.2. The van der Waals surface area contributed by atoms with E-state index in [2.05, 4.69) is 26.0 Å². The summed E-state index contributed by atoms with van der Waals surface area (Å²) in [5.41, 5.74) is 4.56. The van der Waals surface area contributed by atoms with Crippen LogP contribution in [0.4, 0.5) is 0 Å². The largest absolute Gasteiger partial charge is 0.465 e. The summed E-state index contributed by atoms with van der Waals surface area (Å²) in [5, 5.41) is 5.07.